The second-order valence-corrected chi connectivity index (χ2v) is 8.38. The number of hydrogen-bond donors (Lipinski definition) is 3. The molecule has 2 amide bonds. The van der Waals surface area contributed by atoms with Gasteiger partial charge in [0, 0.05) is 35.0 Å². The van der Waals surface area contributed by atoms with Gasteiger partial charge in [0.25, 0.3) is 5.91 Å². The van der Waals surface area contributed by atoms with Crippen LogP contribution in [0.3, 0.4) is 0 Å². The van der Waals surface area contributed by atoms with Gasteiger partial charge in [-0.1, -0.05) is 6.07 Å². The van der Waals surface area contributed by atoms with E-state index in [9.17, 15) is 9.59 Å². The molecule has 5 rings (SSSR count). The Labute approximate surface area is 173 Å². The van der Waals surface area contributed by atoms with E-state index in [4.69, 9.17) is 5.73 Å². The van der Waals surface area contributed by atoms with Gasteiger partial charge in [-0.15, -0.1) is 0 Å². The Balaban J connectivity index is 1.67. The number of nitrogen functional groups attached to an aromatic ring is 1. The molecule has 0 saturated heterocycles. The number of nitrogens with zero attached hydrogens (tertiary/aromatic N) is 3. The number of nitrogens with two attached hydrogens (primary N) is 1. The van der Waals surface area contributed by atoms with Crippen LogP contribution in [0, 0.1) is 5.92 Å². The Morgan fingerprint density at radius 1 is 1.30 bits per heavy atom. The first-order valence-electron chi connectivity index (χ1n) is 10.3. The van der Waals surface area contributed by atoms with Crippen LogP contribution in [0.2, 0.25) is 0 Å². The molecule has 1 saturated carbocycles. The molecule has 0 spiro atoms. The summed E-state index contributed by atoms with van der Waals surface area (Å²) >= 11 is 0. The van der Waals surface area contributed by atoms with Gasteiger partial charge in [-0.05, 0) is 50.3 Å². The van der Waals surface area contributed by atoms with Gasteiger partial charge in [-0.2, -0.15) is 0 Å². The summed E-state index contributed by atoms with van der Waals surface area (Å²) in [6.45, 7) is 4.51. The van der Waals surface area contributed by atoms with E-state index in [0.717, 1.165) is 40.7 Å². The molecule has 2 aliphatic rings. The summed E-state index contributed by atoms with van der Waals surface area (Å²) in [6.07, 6.45) is 4.23. The summed E-state index contributed by atoms with van der Waals surface area (Å²) in [7, 11) is 0. The minimum absolute atomic E-state index is 0.0128. The van der Waals surface area contributed by atoms with Crippen LogP contribution in [0.1, 0.15) is 55.2 Å². The van der Waals surface area contributed by atoms with Gasteiger partial charge in [0.1, 0.15) is 17.8 Å². The molecule has 1 aromatic carbocycles. The van der Waals surface area contributed by atoms with Crippen molar-refractivity contribution in [3.63, 3.8) is 0 Å². The fourth-order valence-corrected chi connectivity index (χ4v) is 4.31. The number of nitrogens with one attached hydrogen (secondary N) is 2. The third-order valence-corrected chi connectivity index (χ3v) is 5.84. The molecule has 154 valence electrons. The molecule has 4 N–H and O–H groups in total. The summed E-state index contributed by atoms with van der Waals surface area (Å²) in [5.41, 5.74) is 10.7. The highest BCUT2D eigenvalue weighted by Crippen LogP contribution is 2.41. The van der Waals surface area contributed by atoms with Crippen LogP contribution in [0.25, 0.3) is 22.2 Å². The Morgan fingerprint density at radius 2 is 2.10 bits per heavy atom. The predicted octanol–water partition coefficient (Wildman–Crippen LogP) is 3.24. The summed E-state index contributed by atoms with van der Waals surface area (Å²) in [6, 6.07) is 5.58. The Hall–Kier alpha value is -3.42. The van der Waals surface area contributed by atoms with Gasteiger partial charge >= 0.3 is 0 Å². The van der Waals surface area contributed by atoms with Gasteiger partial charge in [-0.3, -0.25) is 9.59 Å². The van der Waals surface area contributed by atoms with Gasteiger partial charge in [0.2, 0.25) is 5.91 Å². The van der Waals surface area contributed by atoms with Crippen molar-refractivity contribution >= 4 is 34.4 Å². The molecule has 30 heavy (non-hydrogen) atoms. The molecule has 8 nitrogen and oxygen atoms in total. The van der Waals surface area contributed by atoms with Crippen LogP contribution in [-0.4, -0.2) is 26.3 Å². The molecule has 3 heterocycles. The summed E-state index contributed by atoms with van der Waals surface area (Å²) in [5, 5.41) is 6.67. The topological polar surface area (TPSA) is 115 Å². The van der Waals surface area contributed by atoms with E-state index in [0.29, 0.717) is 36.0 Å². The van der Waals surface area contributed by atoms with Crippen LogP contribution >= 0.6 is 0 Å². The van der Waals surface area contributed by atoms with Crippen LogP contribution in [0.5, 0.6) is 0 Å². The highest BCUT2D eigenvalue weighted by molar-refractivity contribution is 6.11. The van der Waals surface area contributed by atoms with Crippen molar-refractivity contribution in [2.24, 2.45) is 5.92 Å². The van der Waals surface area contributed by atoms with E-state index in [-0.39, 0.29) is 17.9 Å². The van der Waals surface area contributed by atoms with Gasteiger partial charge in [0.15, 0.2) is 0 Å². The lowest BCUT2D eigenvalue weighted by molar-refractivity contribution is -0.116. The molecular weight excluding hydrogens is 380 g/mol. The van der Waals surface area contributed by atoms with Crippen molar-refractivity contribution in [3.8, 4) is 11.1 Å². The molecule has 0 radical (unpaired) electrons. The third-order valence-electron chi connectivity index (χ3n) is 5.84. The third kappa shape index (κ3) is 2.99. The number of carbonyl (C=O) groups is 2. The Morgan fingerprint density at radius 3 is 2.83 bits per heavy atom. The largest absolute Gasteiger partial charge is 0.383 e. The molecule has 0 bridgehead atoms. The number of fused-ring (bicyclic) bond motifs is 5. The molecule has 2 aromatic heterocycles. The van der Waals surface area contributed by atoms with E-state index in [1.807, 2.05) is 12.1 Å². The lowest BCUT2D eigenvalue weighted by Gasteiger charge is -2.14. The second kappa shape index (κ2) is 6.83. The van der Waals surface area contributed by atoms with Crippen molar-refractivity contribution in [1.82, 2.24) is 19.9 Å². The van der Waals surface area contributed by atoms with E-state index >= 15 is 0 Å². The minimum Gasteiger partial charge on any atom is -0.383 e. The van der Waals surface area contributed by atoms with E-state index in [1.54, 1.807) is 6.07 Å². The molecule has 1 fully saturated rings. The van der Waals surface area contributed by atoms with E-state index in [2.05, 4.69) is 39.0 Å². The fraction of sp³-hybridized carbons (Fsp3) is 0.364. The summed E-state index contributed by atoms with van der Waals surface area (Å²) in [5.74, 6) is 0.694. The maximum Gasteiger partial charge on any atom is 0.252 e. The number of carbonyl (C=O) groups excluding carboxylic acids is 2. The number of anilines is 2. The lowest BCUT2D eigenvalue weighted by Crippen LogP contribution is -2.23. The van der Waals surface area contributed by atoms with Crippen molar-refractivity contribution < 1.29 is 9.59 Å². The van der Waals surface area contributed by atoms with Crippen LogP contribution in [0.15, 0.2) is 24.5 Å². The van der Waals surface area contributed by atoms with Gasteiger partial charge < -0.3 is 20.9 Å². The second-order valence-electron chi connectivity index (χ2n) is 8.38. The van der Waals surface area contributed by atoms with Crippen LogP contribution in [-0.2, 0) is 11.3 Å². The maximum atomic E-state index is 12.9. The van der Waals surface area contributed by atoms with Crippen molar-refractivity contribution in [2.75, 3.05) is 11.1 Å². The molecular formula is C22H24N6O2. The first-order chi connectivity index (χ1) is 14.4. The Kier molecular flexibility index (Phi) is 4.23. The summed E-state index contributed by atoms with van der Waals surface area (Å²) < 4.78 is 2.10. The molecule has 1 aliphatic heterocycles. The highest BCUT2D eigenvalue weighted by atomic mass is 16.2. The zero-order valence-corrected chi connectivity index (χ0v) is 17.0. The SMILES string of the molecule is CC(C)n1c2c(c3c(N)ncnc31)-c1ccc(NC(=O)CC3CC3)cc1C(=O)NC2. The average molecular weight is 404 g/mol. The maximum absolute atomic E-state index is 12.9. The number of hydrogen-bond acceptors (Lipinski definition) is 5. The quantitative estimate of drug-likeness (QED) is 0.617. The molecule has 0 atom stereocenters. The van der Waals surface area contributed by atoms with Crippen LogP contribution in [0.4, 0.5) is 11.5 Å². The predicted molar refractivity (Wildman–Crippen MR) is 115 cm³/mol. The molecule has 3 aromatic rings. The zero-order valence-electron chi connectivity index (χ0n) is 17.0. The van der Waals surface area contributed by atoms with Crippen molar-refractivity contribution in [2.45, 2.75) is 45.7 Å². The monoisotopic (exact) mass is 404 g/mol. The lowest BCUT2D eigenvalue weighted by atomic mass is 9.97. The van der Waals surface area contributed by atoms with E-state index in [1.165, 1.54) is 6.33 Å². The number of benzene rings is 1. The van der Waals surface area contributed by atoms with Gasteiger partial charge in [-0.25, -0.2) is 9.97 Å². The average Bonchev–Trinajstić information content (AvgIpc) is 3.46. The number of amides is 2. The highest BCUT2D eigenvalue weighted by Gasteiger charge is 2.29. The van der Waals surface area contributed by atoms with Crippen molar-refractivity contribution in [1.29, 1.82) is 0 Å². The van der Waals surface area contributed by atoms with Gasteiger partial charge in [0.05, 0.1) is 11.9 Å². The minimum atomic E-state index is -0.182. The number of rotatable bonds is 4. The fourth-order valence-electron chi connectivity index (χ4n) is 4.31. The van der Waals surface area contributed by atoms with Crippen LogP contribution < -0.4 is 16.4 Å². The normalized spacial score (nSPS) is 15.5. The summed E-state index contributed by atoms with van der Waals surface area (Å²) in [4.78, 5) is 33.8. The zero-order chi connectivity index (χ0) is 21.0. The molecule has 0 unspecified atom stereocenters. The first kappa shape index (κ1) is 18.6. The standard InChI is InChI=1S/C22H24N6O2/c1-11(2)28-16-9-24-22(30)15-8-13(27-17(29)7-12-3-4-12)5-6-14(15)18(16)19-20(23)25-10-26-21(19)28/h5-6,8,10-12H,3-4,7,9H2,1-2H3,(H,24,30)(H,27,29)(H2,23,25,26). The Bertz CT molecular complexity index is 1190. The van der Waals surface area contributed by atoms with E-state index < -0.39 is 0 Å². The first-order valence-corrected chi connectivity index (χ1v) is 10.3. The molecule has 1 aliphatic carbocycles. The number of aromatic nitrogens is 3. The smallest absolute Gasteiger partial charge is 0.252 e. The molecule has 8 heteroatoms. The van der Waals surface area contributed by atoms with Crippen molar-refractivity contribution in [3.05, 3.63) is 35.8 Å².